The Kier molecular flexibility index (Phi) is 2.39. The highest BCUT2D eigenvalue weighted by Crippen LogP contribution is 2.54. The average Bonchev–Trinajstić information content (AvgIpc) is 3.35. The SMILES string of the molecule is CC1(C)c2ccccc2-c2c1cc1ccn3c4c5ccccc5ccc4c2c13. The number of benzene rings is 4. The van der Waals surface area contributed by atoms with Crippen LogP contribution < -0.4 is 0 Å². The maximum absolute atomic E-state index is 2.43. The lowest BCUT2D eigenvalue weighted by Crippen LogP contribution is -2.14. The van der Waals surface area contributed by atoms with Crippen molar-refractivity contribution in [1.29, 1.82) is 0 Å². The van der Waals surface area contributed by atoms with Gasteiger partial charge in [0, 0.05) is 33.2 Å². The van der Waals surface area contributed by atoms with Crippen molar-refractivity contribution in [2.24, 2.45) is 0 Å². The van der Waals surface area contributed by atoms with E-state index in [1.54, 1.807) is 0 Å². The molecular formula is C27H19N. The zero-order valence-electron chi connectivity index (χ0n) is 16.0. The van der Waals surface area contributed by atoms with E-state index >= 15 is 0 Å². The van der Waals surface area contributed by atoms with Crippen molar-refractivity contribution in [3.63, 3.8) is 0 Å². The van der Waals surface area contributed by atoms with E-state index in [-0.39, 0.29) is 5.41 Å². The number of fused-ring (bicyclic) bond motifs is 9. The zero-order valence-corrected chi connectivity index (χ0v) is 16.0. The third kappa shape index (κ3) is 1.49. The van der Waals surface area contributed by atoms with Crippen LogP contribution in [0.25, 0.3) is 49.1 Å². The number of hydrogen-bond donors (Lipinski definition) is 0. The molecule has 0 N–H and O–H groups in total. The second kappa shape index (κ2) is 4.56. The van der Waals surface area contributed by atoms with Gasteiger partial charge in [-0.05, 0) is 39.8 Å². The van der Waals surface area contributed by atoms with Gasteiger partial charge in [0.1, 0.15) is 0 Å². The summed E-state index contributed by atoms with van der Waals surface area (Å²) in [7, 11) is 0. The Hall–Kier alpha value is -3.32. The van der Waals surface area contributed by atoms with Gasteiger partial charge < -0.3 is 4.40 Å². The van der Waals surface area contributed by atoms with Crippen molar-refractivity contribution >= 4 is 38.0 Å². The van der Waals surface area contributed by atoms with Gasteiger partial charge in [0.25, 0.3) is 0 Å². The van der Waals surface area contributed by atoms with Crippen LogP contribution in [0.4, 0.5) is 0 Å². The second-order valence-electron chi connectivity index (χ2n) is 8.65. The van der Waals surface area contributed by atoms with Crippen LogP contribution in [0, 0.1) is 0 Å². The summed E-state index contributed by atoms with van der Waals surface area (Å²) in [6.45, 7) is 4.73. The van der Waals surface area contributed by atoms with Crippen molar-refractivity contribution in [3.8, 4) is 11.1 Å². The monoisotopic (exact) mass is 357 g/mol. The molecule has 0 saturated heterocycles. The van der Waals surface area contributed by atoms with Crippen LogP contribution in [0.15, 0.2) is 79.0 Å². The first-order valence-electron chi connectivity index (χ1n) is 9.97. The summed E-state index contributed by atoms with van der Waals surface area (Å²) in [6, 6.07) is 27.0. The summed E-state index contributed by atoms with van der Waals surface area (Å²) < 4.78 is 2.41. The van der Waals surface area contributed by atoms with Crippen molar-refractivity contribution in [1.82, 2.24) is 4.40 Å². The van der Waals surface area contributed by atoms with Gasteiger partial charge in [0.15, 0.2) is 0 Å². The highest BCUT2D eigenvalue weighted by Gasteiger charge is 2.37. The maximum atomic E-state index is 2.43. The Morgan fingerprint density at radius 1 is 0.679 bits per heavy atom. The summed E-state index contributed by atoms with van der Waals surface area (Å²) in [5, 5.41) is 6.75. The van der Waals surface area contributed by atoms with Crippen LogP contribution in [0.3, 0.4) is 0 Å². The van der Waals surface area contributed by atoms with Gasteiger partial charge in [-0.25, -0.2) is 0 Å². The lowest BCUT2D eigenvalue weighted by Gasteiger charge is -2.21. The highest BCUT2D eigenvalue weighted by molar-refractivity contribution is 6.26. The van der Waals surface area contributed by atoms with Gasteiger partial charge in [-0.3, -0.25) is 0 Å². The molecule has 0 spiro atoms. The van der Waals surface area contributed by atoms with Crippen molar-refractivity contribution in [2.75, 3.05) is 0 Å². The third-order valence-corrected chi connectivity index (χ3v) is 6.93. The Bertz CT molecular complexity index is 1580. The van der Waals surface area contributed by atoms with Gasteiger partial charge in [0.2, 0.25) is 0 Å². The molecule has 0 fully saturated rings. The molecule has 1 aliphatic carbocycles. The minimum atomic E-state index is 0.0261. The summed E-state index contributed by atoms with van der Waals surface area (Å²) in [4.78, 5) is 0. The molecule has 2 heterocycles. The Balaban J connectivity index is 1.82. The van der Waals surface area contributed by atoms with Crippen LogP contribution in [0.5, 0.6) is 0 Å². The molecular weight excluding hydrogens is 338 g/mol. The smallest absolute Gasteiger partial charge is 0.0614 e. The lowest BCUT2D eigenvalue weighted by molar-refractivity contribution is 0.661. The minimum Gasteiger partial charge on any atom is -0.315 e. The number of nitrogens with zero attached hydrogens (tertiary/aromatic N) is 1. The fourth-order valence-electron chi connectivity index (χ4n) is 5.64. The first-order chi connectivity index (χ1) is 13.7. The van der Waals surface area contributed by atoms with Crippen LogP contribution in [0.1, 0.15) is 25.0 Å². The molecule has 1 heteroatoms. The molecule has 1 nitrogen and oxygen atoms in total. The summed E-state index contributed by atoms with van der Waals surface area (Å²) in [6.07, 6.45) is 2.25. The Labute approximate surface area is 163 Å². The standard InChI is InChI=1S/C27H19N/c1-27(2)21-10-6-5-9-19(21)23-22(27)15-17-13-14-28-25(17)24(23)20-12-11-16-7-3-4-8-18(16)26(20)28/h3-15H,1-2H3. The largest absolute Gasteiger partial charge is 0.315 e. The van der Waals surface area contributed by atoms with Gasteiger partial charge in [-0.1, -0.05) is 74.5 Å². The topological polar surface area (TPSA) is 4.41 Å². The normalized spacial score (nSPS) is 15.1. The van der Waals surface area contributed by atoms with E-state index in [1.807, 2.05) is 0 Å². The molecule has 0 atom stereocenters. The van der Waals surface area contributed by atoms with Crippen LogP contribution >= 0.6 is 0 Å². The fourth-order valence-corrected chi connectivity index (χ4v) is 5.64. The molecule has 0 saturated carbocycles. The Morgan fingerprint density at radius 3 is 2.43 bits per heavy atom. The molecule has 7 rings (SSSR count). The van der Waals surface area contributed by atoms with E-state index in [0.29, 0.717) is 0 Å². The van der Waals surface area contributed by atoms with E-state index in [1.165, 1.54) is 60.2 Å². The van der Waals surface area contributed by atoms with Crippen LogP contribution in [-0.4, -0.2) is 4.40 Å². The predicted octanol–water partition coefficient (Wildman–Crippen LogP) is 7.14. The molecule has 0 amide bonds. The quantitative estimate of drug-likeness (QED) is 0.272. The third-order valence-electron chi connectivity index (χ3n) is 6.93. The van der Waals surface area contributed by atoms with E-state index < -0.39 is 0 Å². The van der Waals surface area contributed by atoms with Gasteiger partial charge in [0.05, 0.1) is 11.0 Å². The molecule has 4 aromatic carbocycles. The second-order valence-corrected chi connectivity index (χ2v) is 8.65. The lowest BCUT2D eigenvalue weighted by atomic mass is 9.82. The molecule has 1 aliphatic rings. The summed E-state index contributed by atoms with van der Waals surface area (Å²) in [5.41, 5.74) is 8.44. The molecule has 6 aromatic rings. The van der Waals surface area contributed by atoms with Gasteiger partial charge >= 0.3 is 0 Å². The first kappa shape index (κ1) is 14.7. The number of rotatable bonds is 0. The fraction of sp³-hybridized carbons (Fsp3) is 0.111. The molecule has 132 valence electrons. The molecule has 0 radical (unpaired) electrons. The van der Waals surface area contributed by atoms with E-state index in [0.717, 1.165) is 0 Å². The molecule has 0 aliphatic heterocycles. The number of hydrogen-bond acceptors (Lipinski definition) is 0. The first-order valence-corrected chi connectivity index (χ1v) is 9.97. The van der Waals surface area contributed by atoms with E-state index in [9.17, 15) is 0 Å². The van der Waals surface area contributed by atoms with Crippen molar-refractivity contribution in [2.45, 2.75) is 19.3 Å². The average molecular weight is 357 g/mol. The molecule has 0 bridgehead atoms. The van der Waals surface area contributed by atoms with E-state index in [4.69, 9.17) is 0 Å². The minimum absolute atomic E-state index is 0.0261. The zero-order chi connectivity index (χ0) is 18.6. The summed E-state index contributed by atoms with van der Waals surface area (Å²) in [5.74, 6) is 0. The van der Waals surface area contributed by atoms with Gasteiger partial charge in [-0.15, -0.1) is 0 Å². The maximum Gasteiger partial charge on any atom is 0.0614 e. The van der Waals surface area contributed by atoms with Crippen LogP contribution in [0.2, 0.25) is 0 Å². The van der Waals surface area contributed by atoms with Crippen LogP contribution in [-0.2, 0) is 5.41 Å². The molecule has 2 aromatic heterocycles. The molecule has 28 heavy (non-hydrogen) atoms. The van der Waals surface area contributed by atoms with Crippen molar-refractivity contribution < 1.29 is 0 Å². The number of aromatic nitrogens is 1. The summed E-state index contributed by atoms with van der Waals surface area (Å²) >= 11 is 0. The van der Waals surface area contributed by atoms with Crippen molar-refractivity contribution in [3.05, 3.63) is 90.1 Å². The van der Waals surface area contributed by atoms with E-state index in [2.05, 4.69) is 97.2 Å². The highest BCUT2D eigenvalue weighted by atomic mass is 14.9. The Morgan fingerprint density at radius 2 is 1.50 bits per heavy atom. The predicted molar refractivity (Wildman–Crippen MR) is 119 cm³/mol. The van der Waals surface area contributed by atoms with Gasteiger partial charge in [-0.2, -0.15) is 0 Å². The molecule has 0 unspecified atom stereocenters.